The molecule has 0 spiro atoms. The number of allylic oxidation sites excluding steroid dienone is 1. The lowest BCUT2D eigenvalue weighted by molar-refractivity contribution is -0.122. The Bertz CT molecular complexity index is 311. The minimum atomic E-state index is -0.117. The highest BCUT2D eigenvalue weighted by Crippen LogP contribution is 2.37. The van der Waals surface area contributed by atoms with Crippen LogP contribution in [0.5, 0.6) is 0 Å². The quantitative estimate of drug-likeness (QED) is 0.817. The first-order valence-electron chi connectivity index (χ1n) is 4.63. The monoisotopic (exact) mass is 243 g/mol. The van der Waals surface area contributed by atoms with Gasteiger partial charge >= 0.3 is 0 Å². The first-order chi connectivity index (χ1) is 7.17. The van der Waals surface area contributed by atoms with Crippen molar-refractivity contribution in [1.29, 1.82) is 5.26 Å². The molecule has 0 saturated carbocycles. The maximum absolute atomic E-state index is 10.9. The van der Waals surface area contributed by atoms with Crippen LogP contribution in [-0.4, -0.2) is 21.4 Å². The summed E-state index contributed by atoms with van der Waals surface area (Å²) >= 11 is 3.20. The van der Waals surface area contributed by atoms with E-state index in [2.05, 4.69) is 18.4 Å². The number of nitrogens with zero attached hydrogens (tertiary/aromatic N) is 2. The van der Waals surface area contributed by atoms with Crippen LogP contribution in [-0.2, 0) is 4.79 Å². The van der Waals surface area contributed by atoms with Gasteiger partial charge in [-0.25, -0.2) is 0 Å². The minimum absolute atomic E-state index is 0.0866. The highest BCUT2D eigenvalue weighted by molar-refractivity contribution is 8.19. The highest BCUT2D eigenvalue weighted by atomic mass is 32.2. The van der Waals surface area contributed by atoms with Gasteiger partial charge < -0.3 is 0 Å². The molecule has 1 aliphatic heterocycles. The predicted molar refractivity (Wildman–Crippen MR) is 63.5 cm³/mol. The third-order valence-corrected chi connectivity index (χ3v) is 4.31. The average Bonchev–Trinajstić information content (AvgIpc) is 2.56. The third-order valence-electron chi connectivity index (χ3n) is 1.57. The lowest BCUT2D eigenvalue weighted by Crippen LogP contribution is -2.39. The molecule has 1 rings (SSSR count). The van der Waals surface area contributed by atoms with Gasteiger partial charge in [-0.2, -0.15) is 5.26 Å². The molecule has 1 aliphatic rings. The smallest absolute Gasteiger partial charge is 0.235 e. The number of amides is 1. The van der Waals surface area contributed by atoms with Crippen LogP contribution in [0.4, 0.5) is 0 Å². The van der Waals surface area contributed by atoms with Crippen molar-refractivity contribution in [3.63, 3.8) is 0 Å². The average molecular weight is 243 g/mol. The molecule has 0 radical (unpaired) electrons. The summed E-state index contributed by atoms with van der Waals surface area (Å²) in [5.41, 5.74) is 2.69. The summed E-state index contributed by atoms with van der Waals surface area (Å²) in [4.78, 5) is 11.6. The number of nitrogens with one attached hydrogen (secondary N) is 1. The van der Waals surface area contributed by atoms with E-state index < -0.39 is 0 Å². The topological polar surface area (TPSA) is 56.1 Å². The maximum atomic E-state index is 10.9. The molecule has 1 heterocycles. The van der Waals surface area contributed by atoms with E-state index in [4.69, 9.17) is 5.26 Å². The summed E-state index contributed by atoms with van der Waals surface area (Å²) in [6, 6.07) is 2.09. The summed E-state index contributed by atoms with van der Waals surface area (Å²) in [5.74, 6) is 0.897. The molecule has 82 valence electrons. The Morgan fingerprint density at radius 3 is 3.13 bits per heavy atom. The van der Waals surface area contributed by atoms with E-state index in [1.807, 2.05) is 0 Å². The molecule has 4 nitrogen and oxygen atoms in total. The number of thioether (sulfide) groups is 2. The van der Waals surface area contributed by atoms with Gasteiger partial charge in [0, 0.05) is 13.1 Å². The van der Waals surface area contributed by atoms with Gasteiger partial charge in [0.1, 0.15) is 15.7 Å². The van der Waals surface area contributed by atoms with E-state index in [1.165, 1.54) is 18.7 Å². The Morgan fingerprint density at radius 1 is 1.87 bits per heavy atom. The van der Waals surface area contributed by atoms with Crippen molar-refractivity contribution in [2.75, 3.05) is 5.75 Å². The fraction of sp³-hybridized carbons (Fsp3) is 0.556. The van der Waals surface area contributed by atoms with Crippen molar-refractivity contribution < 1.29 is 4.79 Å². The summed E-state index contributed by atoms with van der Waals surface area (Å²) in [5, 5.41) is 10.5. The highest BCUT2D eigenvalue weighted by Gasteiger charge is 2.26. The van der Waals surface area contributed by atoms with E-state index in [-0.39, 0.29) is 10.6 Å². The second kappa shape index (κ2) is 5.93. The van der Waals surface area contributed by atoms with Gasteiger partial charge in [0.25, 0.3) is 0 Å². The van der Waals surface area contributed by atoms with Crippen molar-refractivity contribution in [2.45, 2.75) is 25.0 Å². The normalized spacial score (nSPS) is 19.7. The Hall–Kier alpha value is -0.800. The number of nitriles is 1. The fourth-order valence-corrected chi connectivity index (χ4v) is 3.29. The number of hydrazine groups is 1. The second-order valence-corrected chi connectivity index (χ2v) is 5.58. The number of carbonyl (C=O) groups is 1. The molecular weight excluding hydrogens is 230 g/mol. The Labute approximate surface area is 98.0 Å². The molecule has 0 fully saturated rings. The first-order valence-corrected chi connectivity index (χ1v) is 6.56. The summed E-state index contributed by atoms with van der Waals surface area (Å²) in [6.07, 6.45) is 2.76. The number of hydrogen-bond acceptors (Lipinski definition) is 5. The molecular formula is C9H13N3OS2. The van der Waals surface area contributed by atoms with Gasteiger partial charge in [-0.1, -0.05) is 18.7 Å². The summed E-state index contributed by atoms with van der Waals surface area (Å²) in [6.45, 7) is 3.57. The SMILES string of the molecule is CCCSC1SC(C#N)=CN1NC(C)=O. The van der Waals surface area contributed by atoms with E-state index in [0.29, 0.717) is 4.91 Å². The van der Waals surface area contributed by atoms with Crippen LogP contribution < -0.4 is 5.43 Å². The van der Waals surface area contributed by atoms with Crippen molar-refractivity contribution in [2.24, 2.45) is 0 Å². The van der Waals surface area contributed by atoms with Crippen LogP contribution in [0.1, 0.15) is 20.3 Å². The Morgan fingerprint density at radius 2 is 2.60 bits per heavy atom. The standard InChI is InChI=1S/C9H13N3OS2/c1-3-4-14-9-12(11-7(2)13)6-8(5-10)15-9/h6,9H,3-4H2,1-2H3,(H,11,13). The fourth-order valence-electron chi connectivity index (χ4n) is 1.04. The molecule has 15 heavy (non-hydrogen) atoms. The van der Waals surface area contributed by atoms with Gasteiger partial charge in [-0.15, -0.1) is 11.8 Å². The molecule has 0 aromatic heterocycles. The van der Waals surface area contributed by atoms with Gasteiger partial charge in [0.15, 0.2) is 0 Å². The number of carbonyl (C=O) groups excluding carboxylic acids is 1. The number of hydrogen-bond donors (Lipinski definition) is 1. The molecule has 1 amide bonds. The largest absolute Gasteiger partial charge is 0.274 e. The maximum Gasteiger partial charge on any atom is 0.235 e. The lowest BCUT2D eigenvalue weighted by atomic mass is 10.6. The molecule has 1 atom stereocenters. The first kappa shape index (κ1) is 12.3. The van der Waals surface area contributed by atoms with Gasteiger partial charge in [-0.05, 0) is 12.2 Å². The zero-order chi connectivity index (χ0) is 11.3. The molecule has 1 unspecified atom stereocenters. The minimum Gasteiger partial charge on any atom is -0.274 e. The van der Waals surface area contributed by atoms with E-state index >= 15 is 0 Å². The zero-order valence-corrected chi connectivity index (χ0v) is 10.3. The van der Waals surface area contributed by atoms with Crippen molar-refractivity contribution in [3.8, 4) is 6.07 Å². The van der Waals surface area contributed by atoms with Gasteiger partial charge in [0.2, 0.25) is 5.91 Å². The summed E-state index contributed by atoms with van der Waals surface area (Å²) in [7, 11) is 0. The van der Waals surface area contributed by atoms with Crippen LogP contribution in [0.2, 0.25) is 0 Å². The molecule has 0 bridgehead atoms. The molecule has 0 aromatic carbocycles. The van der Waals surface area contributed by atoms with Gasteiger partial charge in [0.05, 0.1) is 0 Å². The van der Waals surface area contributed by atoms with Crippen LogP contribution in [0, 0.1) is 11.3 Å². The molecule has 6 heteroatoms. The van der Waals surface area contributed by atoms with E-state index in [0.717, 1.165) is 12.2 Å². The third kappa shape index (κ3) is 3.68. The van der Waals surface area contributed by atoms with Crippen LogP contribution in [0.3, 0.4) is 0 Å². The Kier molecular flexibility index (Phi) is 4.85. The molecule has 0 aromatic rings. The van der Waals surface area contributed by atoms with E-state index in [1.54, 1.807) is 23.0 Å². The molecule has 0 aliphatic carbocycles. The van der Waals surface area contributed by atoms with Gasteiger partial charge in [-0.3, -0.25) is 15.2 Å². The van der Waals surface area contributed by atoms with Crippen LogP contribution in [0.25, 0.3) is 0 Å². The van der Waals surface area contributed by atoms with Crippen molar-refractivity contribution >= 4 is 29.4 Å². The second-order valence-electron chi connectivity index (χ2n) is 2.98. The number of rotatable bonds is 4. The zero-order valence-electron chi connectivity index (χ0n) is 8.69. The lowest BCUT2D eigenvalue weighted by Gasteiger charge is -2.23. The van der Waals surface area contributed by atoms with Crippen molar-refractivity contribution in [3.05, 3.63) is 11.1 Å². The summed E-state index contributed by atoms with van der Waals surface area (Å²) < 4.78 is 0.0866. The Balaban J connectivity index is 2.57. The molecule has 1 N–H and O–H groups in total. The van der Waals surface area contributed by atoms with E-state index in [9.17, 15) is 4.79 Å². The van der Waals surface area contributed by atoms with Crippen molar-refractivity contribution in [1.82, 2.24) is 10.4 Å². The van der Waals surface area contributed by atoms with Crippen LogP contribution >= 0.6 is 23.5 Å². The molecule has 0 saturated heterocycles. The predicted octanol–water partition coefficient (Wildman–Crippen LogP) is 1.88. The van der Waals surface area contributed by atoms with Crippen LogP contribution in [0.15, 0.2) is 11.1 Å².